The van der Waals surface area contributed by atoms with Gasteiger partial charge < -0.3 is 24.8 Å². The topological polar surface area (TPSA) is 64.1 Å². The zero-order valence-electron chi connectivity index (χ0n) is 16.3. The Kier molecular flexibility index (Phi) is 16.7. The third kappa shape index (κ3) is 12.3. The Morgan fingerprint density at radius 2 is 1.88 bits per heavy atom. The summed E-state index contributed by atoms with van der Waals surface area (Å²) in [6, 6.07) is 7.86. The fourth-order valence-corrected chi connectivity index (χ4v) is 2.10. The maximum Gasteiger partial charge on any atom is 0.195 e. The first kappa shape index (κ1) is 24.9. The molecule has 0 saturated carbocycles. The van der Waals surface area contributed by atoms with E-state index < -0.39 is 0 Å². The van der Waals surface area contributed by atoms with E-state index in [0.717, 1.165) is 56.4 Å². The lowest BCUT2D eigenvalue weighted by atomic mass is 10.3. The maximum atomic E-state index is 5.71. The van der Waals surface area contributed by atoms with Gasteiger partial charge in [-0.2, -0.15) is 0 Å². The van der Waals surface area contributed by atoms with E-state index in [1.807, 2.05) is 24.3 Å². The minimum Gasteiger partial charge on any atom is -0.493 e. The molecular weight excluding hydrogens is 445 g/mol. The maximum absolute atomic E-state index is 5.71. The second-order valence-electron chi connectivity index (χ2n) is 5.67. The molecule has 1 aromatic carbocycles. The van der Waals surface area contributed by atoms with Crippen LogP contribution in [-0.2, 0) is 9.47 Å². The van der Waals surface area contributed by atoms with Crippen LogP contribution in [0.3, 0.4) is 0 Å². The van der Waals surface area contributed by atoms with Crippen molar-refractivity contribution in [1.29, 1.82) is 0 Å². The van der Waals surface area contributed by atoms with Crippen LogP contribution in [0, 0.1) is 0 Å². The van der Waals surface area contributed by atoms with Crippen LogP contribution in [0.15, 0.2) is 29.3 Å². The summed E-state index contributed by atoms with van der Waals surface area (Å²) in [7, 11) is 3.46. The summed E-state index contributed by atoms with van der Waals surface area (Å²) >= 11 is 0. The molecule has 0 aliphatic rings. The van der Waals surface area contributed by atoms with Gasteiger partial charge >= 0.3 is 0 Å². The molecule has 0 spiro atoms. The minimum absolute atomic E-state index is 0. The van der Waals surface area contributed by atoms with Crippen molar-refractivity contribution in [3.63, 3.8) is 0 Å². The number of ether oxygens (including phenoxy) is 3. The largest absolute Gasteiger partial charge is 0.493 e. The molecule has 1 aromatic rings. The molecule has 0 fully saturated rings. The zero-order chi connectivity index (χ0) is 18.2. The van der Waals surface area contributed by atoms with Gasteiger partial charge in [-0.25, -0.2) is 0 Å². The molecule has 6 nitrogen and oxygen atoms in total. The van der Waals surface area contributed by atoms with Gasteiger partial charge in [-0.05, 0) is 25.0 Å². The summed E-state index contributed by atoms with van der Waals surface area (Å²) in [5, 5.41) is 6.56. The number of benzene rings is 1. The van der Waals surface area contributed by atoms with Gasteiger partial charge in [-0.15, -0.1) is 24.0 Å². The number of nitrogens with one attached hydrogen (secondary N) is 2. The monoisotopic (exact) mass is 479 g/mol. The molecule has 0 aliphatic heterocycles. The van der Waals surface area contributed by atoms with Gasteiger partial charge in [0.15, 0.2) is 5.96 Å². The summed E-state index contributed by atoms with van der Waals surface area (Å²) in [6.07, 6.45) is 4.12. The third-order valence-electron chi connectivity index (χ3n) is 3.48. The number of hydrogen-bond acceptors (Lipinski definition) is 4. The van der Waals surface area contributed by atoms with Crippen LogP contribution in [0.5, 0.6) is 5.75 Å². The van der Waals surface area contributed by atoms with Crippen LogP contribution in [0.4, 0.5) is 5.69 Å². The third-order valence-corrected chi connectivity index (χ3v) is 3.48. The van der Waals surface area contributed by atoms with Crippen molar-refractivity contribution in [3.05, 3.63) is 24.3 Å². The van der Waals surface area contributed by atoms with Gasteiger partial charge in [0.1, 0.15) is 5.75 Å². The van der Waals surface area contributed by atoms with Crippen LogP contribution in [0.25, 0.3) is 0 Å². The van der Waals surface area contributed by atoms with Crippen molar-refractivity contribution in [1.82, 2.24) is 5.32 Å². The Balaban J connectivity index is 0.00000625. The first-order valence-electron chi connectivity index (χ1n) is 9.07. The minimum atomic E-state index is 0. The van der Waals surface area contributed by atoms with E-state index in [2.05, 4.69) is 22.5 Å². The lowest BCUT2D eigenvalue weighted by Crippen LogP contribution is -2.31. The second-order valence-corrected chi connectivity index (χ2v) is 5.67. The first-order valence-corrected chi connectivity index (χ1v) is 9.07. The number of halogens is 1. The normalized spacial score (nSPS) is 11.0. The molecule has 26 heavy (non-hydrogen) atoms. The van der Waals surface area contributed by atoms with Crippen molar-refractivity contribution >= 4 is 35.6 Å². The molecule has 0 saturated heterocycles. The fourth-order valence-electron chi connectivity index (χ4n) is 2.10. The van der Waals surface area contributed by atoms with Gasteiger partial charge in [0.25, 0.3) is 0 Å². The van der Waals surface area contributed by atoms with Gasteiger partial charge in [-0.1, -0.05) is 19.4 Å². The van der Waals surface area contributed by atoms with E-state index in [1.165, 1.54) is 6.42 Å². The number of unbranched alkanes of at least 4 members (excludes halogenated alkanes) is 1. The number of guanidine groups is 1. The highest BCUT2D eigenvalue weighted by Gasteiger charge is 2.01. The van der Waals surface area contributed by atoms with Crippen molar-refractivity contribution in [2.75, 3.05) is 52.4 Å². The number of aliphatic imine (C=N–C) groups is 1. The Hall–Kier alpha value is -1.06. The highest BCUT2D eigenvalue weighted by Crippen LogP contribution is 2.17. The highest BCUT2D eigenvalue weighted by atomic mass is 127. The van der Waals surface area contributed by atoms with Crippen molar-refractivity contribution in [3.8, 4) is 5.75 Å². The Morgan fingerprint density at radius 1 is 1.08 bits per heavy atom. The summed E-state index contributed by atoms with van der Waals surface area (Å²) in [5.74, 6) is 1.57. The average Bonchev–Trinajstić information content (AvgIpc) is 2.64. The van der Waals surface area contributed by atoms with Gasteiger partial charge in [-0.3, -0.25) is 4.99 Å². The lowest BCUT2D eigenvalue weighted by molar-refractivity contribution is 0.129. The number of hydrogen-bond donors (Lipinski definition) is 2. The predicted molar refractivity (Wildman–Crippen MR) is 119 cm³/mol. The average molecular weight is 479 g/mol. The molecule has 7 heteroatoms. The standard InChI is InChI=1S/C19H33N3O3.HI/c1-4-5-13-24-14-7-11-21-19(20-2)22-17-9-6-10-18(16-17)25-15-8-12-23-3;/h6,9-10,16H,4-5,7-8,11-15H2,1-3H3,(H2,20,21,22);1H. The fraction of sp³-hybridized carbons (Fsp3) is 0.632. The SMILES string of the molecule is CCCCOCCCNC(=NC)Nc1cccc(OCCCOC)c1.I. The van der Waals surface area contributed by atoms with E-state index >= 15 is 0 Å². The molecule has 0 heterocycles. The Bertz CT molecular complexity index is 487. The number of methoxy groups -OCH3 is 1. The molecule has 0 amide bonds. The van der Waals surface area contributed by atoms with Crippen LogP contribution < -0.4 is 15.4 Å². The number of anilines is 1. The summed E-state index contributed by atoms with van der Waals surface area (Å²) < 4.78 is 16.3. The van der Waals surface area contributed by atoms with Crippen LogP contribution in [0.1, 0.15) is 32.6 Å². The molecule has 0 bridgehead atoms. The molecule has 1 rings (SSSR count). The van der Waals surface area contributed by atoms with Crippen molar-refractivity contribution < 1.29 is 14.2 Å². The number of rotatable bonds is 13. The zero-order valence-corrected chi connectivity index (χ0v) is 18.6. The summed E-state index contributed by atoms with van der Waals surface area (Å²) in [5.41, 5.74) is 0.941. The quantitative estimate of drug-likeness (QED) is 0.194. The lowest BCUT2D eigenvalue weighted by Gasteiger charge is -2.13. The molecule has 0 aliphatic carbocycles. The molecule has 0 radical (unpaired) electrons. The Morgan fingerprint density at radius 3 is 2.62 bits per heavy atom. The molecule has 0 atom stereocenters. The first-order chi connectivity index (χ1) is 12.3. The smallest absolute Gasteiger partial charge is 0.195 e. The summed E-state index contributed by atoms with van der Waals surface area (Å²) in [4.78, 5) is 4.24. The van der Waals surface area contributed by atoms with E-state index in [1.54, 1.807) is 14.2 Å². The van der Waals surface area contributed by atoms with E-state index in [-0.39, 0.29) is 24.0 Å². The van der Waals surface area contributed by atoms with E-state index in [9.17, 15) is 0 Å². The predicted octanol–water partition coefficient (Wildman–Crippen LogP) is 3.91. The van der Waals surface area contributed by atoms with E-state index in [0.29, 0.717) is 13.2 Å². The van der Waals surface area contributed by atoms with Crippen LogP contribution in [0.2, 0.25) is 0 Å². The van der Waals surface area contributed by atoms with Crippen molar-refractivity contribution in [2.24, 2.45) is 4.99 Å². The molecule has 0 aromatic heterocycles. The van der Waals surface area contributed by atoms with Gasteiger partial charge in [0, 0.05) is 58.7 Å². The second kappa shape index (κ2) is 17.4. The Labute approximate surface area is 175 Å². The van der Waals surface area contributed by atoms with E-state index in [4.69, 9.17) is 14.2 Å². The van der Waals surface area contributed by atoms with Gasteiger partial charge in [0.2, 0.25) is 0 Å². The molecular formula is C19H34IN3O3. The van der Waals surface area contributed by atoms with Crippen LogP contribution >= 0.6 is 24.0 Å². The number of nitrogens with zero attached hydrogens (tertiary/aromatic N) is 1. The van der Waals surface area contributed by atoms with Crippen LogP contribution in [-0.4, -0.2) is 53.1 Å². The van der Waals surface area contributed by atoms with Gasteiger partial charge in [0.05, 0.1) is 6.61 Å². The molecule has 150 valence electrons. The summed E-state index contributed by atoms with van der Waals surface area (Å²) in [6.45, 7) is 5.95. The highest BCUT2D eigenvalue weighted by molar-refractivity contribution is 14.0. The molecule has 2 N–H and O–H groups in total. The molecule has 0 unspecified atom stereocenters. The van der Waals surface area contributed by atoms with Crippen molar-refractivity contribution in [2.45, 2.75) is 32.6 Å².